The van der Waals surface area contributed by atoms with Crippen molar-refractivity contribution in [3.05, 3.63) is 47.8 Å². The lowest BCUT2D eigenvalue weighted by Gasteiger charge is -2.03. The van der Waals surface area contributed by atoms with Crippen molar-refractivity contribution in [2.24, 2.45) is 0 Å². The summed E-state index contributed by atoms with van der Waals surface area (Å²) in [5.74, 6) is 0. The Morgan fingerprint density at radius 2 is 2.06 bits per heavy atom. The highest BCUT2D eigenvalue weighted by atomic mass is 32.2. The van der Waals surface area contributed by atoms with Gasteiger partial charge in [0, 0.05) is 11.1 Å². The molecule has 0 N–H and O–H groups in total. The van der Waals surface area contributed by atoms with Crippen LogP contribution in [0.15, 0.2) is 46.6 Å². The van der Waals surface area contributed by atoms with Gasteiger partial charge in [-0.25, -0.2) is 9.97 Å². The molecule has 0 saturated heterocycles. The molecule has 0 unspecified atom stereocenters. The second-order valence-electron chi connectivity index (χ2n) is 3.20. The second kappa shape index (κ2) is 4.77. The first-order valence-corrected chi connectivity index (χ1v) is 5.58. The summed E-state index contributed by atoms with van der Waals surface area (Å²) in [5.41, 5.74) is 1.57. The first-order valence-electron chi connectivity index (χ1n) is 4.76. The molecule has 1 heterocycles. The Labute approximate surface area is 98.2 Å². The monoisotopic (exact) mass is 227 g/mol. The fourth-order valence-electron chi connectivity index (χ4n) is 1.22. The predicted octanol–water partition coefficient (Wildman–Crippen LogP) is 2.81. The molecule has 16 heavy (non-hydrogen) atoms. The van der Waals surface area contributed by atoms with Crippen molar-refractivity contribution in [1.82, 2.24) is 9.97 Å². The highest BCUT2D eigenvalue weighted by molar-refractivity contribution is 7.99. The van der Waals surface area contributed by atoms with E-state index < -0.39 is 0 Å². The summed E-state index contributed by atoms with van der Waals surface area (Å²) in [6.07, 6.45) is 1.60. The fourth-order valence-corrected chi connectivity index (χ4v) is 2.05. The van der Waals surface area contributed by atoms with Gasteiger partial charge < -0.3 is 0 Å². The maximum absolute atomic E-state index is 8.73. The Kier molecular flexibility index (Phi) is 3.18. The lowest BCUT2D eigenvalue weighted by molar-refractivity contribution is 0.951. The second-order valence-corrected chi connectivity index (χ2v) is 4.21. The van der Waals surface area contributed by atoms with E-state index in [9.17, 15) is 0 Å². The van der Waals surface area contributed by atoms with Crippen LogP contribution in [0.2, 0.25) is 0 Å². The number of nitriles is 1. The van der Waals surface area contributed by atoms with Crippen molar-refractivity contribution in [2.45, 2.75) is 17.0 Å². The van der Waals surface area contributed by atoms with Gasteiger partial charge in [-0.1, -0.05) is 18.2 Å². The zero-order valence-electron chi connectivity index (χ0n) is 8.71. The van der Waals surface area contributed by atoms with Crippen LogP contribution in [0.1, 0.15) is 11.3 Å². The number of aromatic nitrogens is 2. The van der Waals surface area contributed by atoms with Gasteiger partial charge in [-0.15, -0.1) is 0 Å². The Bertz CT molecular complexity index is 546. The average molecular weight is 227 g/mol. The Morgan fingerprint density at radius 3 is 2.81 bits per heavy atom. The molecule has 1 aromatic heterocycles. The zero-order valence-corrected chi connectivity index (χ0v) is 9.53. The van der Waals surface area contributed by atoms with E-state index in [4.69, 9.17) is 5.26 Å². The summed E-state index contributed by atoms with van der Waals surface area (Å²) in [4.78, 5) is 9.35. The van der Waals surface area contributed by atoms with E-state index in [1.54, 1.807) is 12.3 Å². The third-order valence-electron chi connectivity index (χ3n) is 2.04. The lowest BCUT2D eigenvalue weighted by Crippen LogP contribution is -1.89. The Balaban J connectivity index is 2.28. The van der Waals surface area contributed by atoms with Crippen molar-refractivity contribution >= 4 is 11.8 Å². The van der Waals surface area contributed by atoms with Gasteiger partial charge in [0.1, 0.15) is 11.8 Å². The van der Waals surface area contributed by atoms with E-state index in [0.717, 1.165) is 4.90 Å². The smallest absolute Gasteiger partial charge is 0.193 e. The van der Waals surface area contributed by atoms with E-state index in [1.807, 2.05) is 37.3 Å². The number of nitrogens with zero attached hydrogens (tertiary/aromatic N) is 3. The number of rotatable bonds is 2. The van der Waals surface area contributed by atoms with Gasteiger partial charge in [0.05, 0.1) is 0 Å². The molecule has 0 aliphatic rings. The van der Waals surface area contributed by atoms with Crippen LogP contribution in [-0.2, 0) is 0 Å². The highest BCUT2D eigenvalue weighted by Gasteiger charge is 2.03. The van der Waals surface area contributed by atoms with Gasteiger partial charge >= 0.3 is 0 Å². The molecule has 1 aromatic carbocycles. The number of hydrogen-bond donors (Lipinski definition) is 0. The molecule has 0 aliphatic heterocycles. The minimum absolute atomic E-state index is 0.395. The van der Waals surface area contributed by atoms with Crippen LogP contribution in [0.3, 0.4) is 0 Å². The van der Waals surface area contributed by atoms with Crippen LogP contribution in [0.4, 0.5) is 0 Å². The van der Waals surface area contributed by atoms with Crippen LogP contribution < -0.4 is 0 Å². The first kappa shape index (κ1) is 10.7. The number of benzene rings is 1. The molecule has 2 rings (SSSR count). The van der Waals surface area contributed by atoms with Crippen LogP contribution in [-0.4, -0.2) is 9.97 Å². The van der Waals surface area contributed by atoms with Gasteiger partial charge in [0.2, 0.25) is 0 Å². The quantitative estimate of drug-likeness (QED) is 0.740. The maximum Gasteiger partial charge on any atom is 0.193 e. The van der Waals surface area contributed by atoms with E-state index in [1.165, 1.54) is 17.3 Å². The van der Waals surface area contributed by atoms with E-state index >= 15 is 0 Å². The largest absolute Gasteiger partial charge is 0.231 e. The Hall–Kier alpha value is -1.86. The molecule has 0 atom stereocenters. The summed E-state index contributed by atoms with van der Waals surface area (Å²) in [5, 5.41) is 9.34. The molecule has 0 fully saturated rings. The van der Waals surface area contributed by atoms with E-state index in [-0.39, 0.29) is 0 Å². The van der Waals surface area contributed by atoms with Crippen LogP contribution >= 0.6 is 11.8 Å². The van der Waals surface area contributed by atoms with Crippen LogP contribution in [0, 0.1) is 18.3 Å². The van der Waals surface area contributed by atoms with Crippen molar-refractivity contribution in [2.75, 3.05) is 0 Å². The molecule has 0 saturated carbocycles. The van der Waals surface area contributed by atoms with Gasteiger partial charge in [-0.2, -0.15) is 5.26 Å². The van der Waals surface area contributed by atoms with Gasteiger partial charge in [0.25, 0.3) is 0 Å². The molecule has 3 nitrogen and oxygen atoms in total. The standard InChI is InChI=1S/C12H9N3S/c1-9-4-2-3-5-11(9)16-12-14-7-6-10(8-13)15-12/h2-7H,1H3. The van der Waals surface area contributed by atoms with E-state index in [2.05, 4.69) is 9.97 Å². The lowest BCUT2D eigenvalue weighted by atomic mass is 10.2. The van der Waals surface area contributed by atoms with Gasteiger partial charge in [-0.3, -0.25) is 0 Å². The minimum Gasteiger partial charge on any atom is -0.231 e. The molecule has 2 aromatic rings. The summed E-state index contributed by atoms with van der Waals surface area (Å²) < 4.78 is 0. The molecular formula is C12H9N3S. The highest BCUT2D eigenvalue weighted by Crippen LogP contribution is 2.26. The molecule has 0 spiro atoms. The molecule has 4 heteroatoms. The SMILES string of the molecule is Cc1ccccc1Sc1nccc(C#N)n1. The third-order valence-corrected chi connectivity index (χ3v) is 3.10. The molecule has 0 aliphatic carbocycles. The van der Waals surface area contributed by atoms with E-state index in [0.29, 0.717) is 10.9 Å². The minimum atomic E-state index is 0.395. The van der Waals surface area contributed by atoms with Crippen molar-refractivity contribution in [3.8, 4) is 6.07 Å². The molecule has 78 valence electrons. The normalized spacial score (nSPS) is 9.75. The summed E-state index contributed by atoms with van der Waals surface area (Å²) in [6, 6.07) is 11.6. The molecular weight excluding hydrogens is 218 g/mol. The molecule has 0 bridgehead atoms. The third kappa shape index (κ3) is 2.38. The first-order chi connectivity index (χ1) is 7.79. The van der Waals surface area contributed by atoms with Gasteiger partial charge in [-0.05, 0) is 36.4 Å². The number of aryl methyl sites for hydroxylation is 1. The maximum atomic E-state index is 8.73. The van der Waals surface area contributed by atoms with Crippen LogP contribution in [0.5, 0.6) is 0 Å². The number of hydrogen-bond acceptors (Lipinski definition) is 4. The van der Waals surface area contributed by atoms with Crippen LogP contribution in [0.25, 0.3) is 0 Å². The summed E-state index contributed by atoms with van der Waals surface area (Å²) in [6.45, 7) is 2.04. The average Bonchev–Trinajstić information content (AvgIpc) is 2.32. The Morgan fingerprint density at radius 1 is 1.25 bits per heavy atom. The summed E-state index contributed by atoms with van der Waals surface area (Å²) >= 11 is 1.47. The van der Waals surface area contributed by atoms with Gasteiger partial charge in [0.15, 0.2) is 5.16 Å². The molecule has 0 amide bonds. The van der Waals surface area contributed by atoms with Crippen molar-refractivity contribution in [1.29, 1.82) is 5.26 Å². The fraction of sp³-hybridized carbons (Fsp3) is 0.0833. The molecule has 0 radical (unpaired) electrons. The summed E-state index contributed by atoms with van der Waals surface area (Å²) in [7, 11) is 0. The predicted molar refractivity (Wildman–Crippen MR) is 62.0 cm³/mol. The topological polar surface area (TPSA) is 49.6 Å². The van der Waals surface area contributed by atoms with Crippen molar-refractivity contribution < 1.29 is 0 Å². The zero-order chi connectivity index (χ0) is 11.4. The van der Waals surface area contributed by atoms with Crippen molar-refractivity contribution in [3.63, 3.8) is 0 Å².